The Hall–Kier alpha value is -2.01. The van der Waals surface area contributed by atoms with Crippen LogP contribution >= 0.6 is 0 Å². The van der Waals surface area contributed by atoms with Gasteiger partial charge < -0.3 is 14.9 Å². The Morgan fingerprint density at radius 2 is 1.75 bits per heavy atom. The lowest BCUT2D eigenvalue weighted by molar-refractivity contribution is 0.336. The molecule has 2 rings (SSSR count). The number of hydrazine groups is 1. The number of nitrogens with two attached hydrogens (primary N) is 1. The lowest BCUT2D eigenvalue weighted by Crippen LogP contribution is -2.09. The van der Waals surface area contributed by atoms with E-state index >= 15 is 0 Å². The number of hydrogen-bond acceptors (Lipinski definition) is 5. The Balaban J connectivity index is 2.76. The number of nitrogens with zero attached hydrogens (tertiary/aromatic N) is 1. The number of hydrogen-bond donors (Lipinski definition) is 2. The molecule has 5 heteroatoms. The van der Waals surface area contributed by atoms with Gasteiger partial charge in [0.05, 0.1) is 24.3 Å². The molecule has 1 heterocycles. The average molecular weight is 275 g/mol. The van der Waals surface area contributed by atoms with Crippen LogP contribution in [0.4, 0.5) is 5.69 Å². The molecule has 0 unspecified atom stereocenters. The van der Waals surface area contributed by atoms with E-state index in [9.17, 15) is 0 Å². The van der Waals surface area contributed by atoms with E-state index in [1.165, 1.54) is 0 Å². The van der Waals surface area contributed by atoms with Gasteiger partial charge in [-0.3, -0.25) is 5.84 Å². The van der Waals surface area contributed by atoms with Gasteiger partial charge in [-0.1, -0.05) is 6.92 Å². The zero-order valence-electron chi connectivity index (χ0n) is 12.2. The predicted molar refractivity (Wildman–Crippen MR) is 81.3 cm³/mol. The number of ether oxygens (including phenoxy) is 2. The molecule has 2 aromatic rings. The van der Waals surface area contributed by atoms with Crippen LogP contribution in [0.25, 0.3) is 10.9 Å². The standard InChI is InChI=1S/C15H21N3O2/c1-4-10-9-11(18-16)14-12(19-5-2)7-8-13(20-6-3)15(14)17-10/h7-9H,4-6,16H2,1-3H3,(H,17,18). The van der Waals surface area contributed by atoms with Gasteiger partial charge in [0, 0.05) is 5.69 Å². The summed E-state index contributed by atoms with van der Waals surface area (Å²) in [4.78, 5) is 4.66. The zero-order chi connectivity index (χ0) is 14.5. The minimum Gasteiger partial charge on any atom is -0.493 e. The van der Waals surface area contributed by atoms with Crippen LogP contribution in [-0.2, 0) is 6.42 Å². The average Bonchev–Trinajstić information content (AvgIpc) is 2.48. The number of fused-ring (bicyclic) bond motifs is 1. The van der Waals surface area contributed by atoms with Crippen LogP contribution in [0.3, 0.4) is 0 Å². The molecule has 5 nitrogen and oxygen atoms in total. The Morgan fingerprint density at radius 1 is 1.10 bits per heavy atom. The number of benzene rings is 1. The maximum atomic E-state index is 5.68. The number of anilines is 1. The number of nitrogen functional groups attached to an aromatic ring is 1. The first-order valence-electron chi connectivity index (χ1n) is 6.93. The molecule has 0 radical (unpaired) electrons. The normalized spacial score (nSPS) is 10.6. The summed E-state index contributed by atoms with van der Waals surface area (Å²) in [5.41, 5.74) is 5.28. The fraction of sp³-hybridized carbons (Fsp3) is 0.400. The number of aromatic nitrogens is 1. The topological polar surface area (TPSA) is 69.4 Å². The molecule has 1 aromatic carbocycles. The predicted octanol–water partition coefficient (Wildman–Crippen LogP) is 2.88. The molecule has 3 N–H and O–H groups in total. The summed E-state index contributed by atoms with van der Waals surface area (Å²) in [6.45, 7) is 7.13. The van der Waals surface area contributed by atoms with Crippen LogP contribution in [0.2, 0.25) is 0 Å². The zero-order valence-corrected chi connectivity index (χ0v) is 12.2. The summed E-state index contributed by atoms with van der Waals surface area (Å²) in [7, 11) is 0. The monoisotopic (exact) mass is 275 g/mol. The summed E-state index contributed by atoms with van der Waals surface area (Å²) < 4.78 is 11.3. The van der Waals surface area contributed by atoms with Crippen molar-refractivity contribution in [1.29, 1.82) is 0 Å². The first-order valence-corrected chi connectivity index (χ1v) is 6.93. The molecular weight excluding hydrogens is 254 g/mol. The lowest BCUT2D eigenvalue weighted by atomic mass is 10.1. The molecule has 20 heavy (non-hydrogen) atoms. The summed E-state index contributed by atoms with van der Waals surface area (Å²) in [6, 6.07) is 5.73. The third kappa shape index (κ3) is 2.63. The van der Waals surface area contributed by atoms with E-state index in [0.717, 1.165) is 40.2 Å². The van der Waals surface area contributed by atoms with E-state index in [2.05, 4.69) is 17.3 Å². The molecule has 0 amide bonds. The first kappa shape index (κ1) is 14.4. The SMILES string of the molecule is CCOc1ccc(OCC)c2c(NN)cc(CC)nc12. The molecule has 0 fully saturated rings. The van der Waals surface area contributed by atoms with E-state index in [-0.39, 0.29) is 0 Å². The van der Waals surface area contributed by atoms with Crippen molar-refractivity contribution >= 4 is 16.6 Å². The van der Waals surface area contributed by atoms with Gasteiger partial charge in [-0.15, -0.1) is 0 Å². The van der Waals surface area contributed by atoms with Crippen molar-refractivity contribution in [2.75, 3.05) is 18.6 Å². The Kier molecular flexibility index (Phi) is 4.63. The maximum absolute atomic E-state index is 5.68. The minimum absolute atomic E-state index is 0.586. The molecule has 108 valence electrons. The molecule has 0 saturated carbocycles. The summed E-state index contributed by atoms with van der Waals surface area (Å²) in [5, 5.41) is 0.859. The van der Waals surface area contributed by atoms with Crippen LogP contribution < -0.4 is 20.7 Å². The van der Waals surface area contributed by atoms with Gasteiger partial charge in [0.15, 0.2) is 0 Å². The highest BCUT2D eigenvalue weighted by molar-refractivity contribution is 5.99. The van der Waals surface area contributed by atoms with Gasteiger partial charge in [0.1, 0.15) is 17.0 Å². The second kappa shape index (κ2) is 6.43. The minimum atomic E-state index is 0.586. The Morgan fingerprint density at radius 3 is 2.35 bits per heavy atom. The van der Waals surface area contributed by atoms with Gasteiger partial charge >= 0.3 is 0 Å². The van der Waals surface area contributed by atoms with Gasteiger partial charge in [0.25, 0.3) is 0 Å². The molecule has 0 saturated heterocycles. The van der Waals surface area contributed by atoms with E-state index in [4.69, 9.17) is 15.3 Å². The smallest absolute Gasteiger partial charge is 0.145 e. The molecule has 0 aliphatic carbocycles. The second-order valence-corrected chi connectivity index (χ2v) is 4.31. The second-order valence-electron chi connectivity index (χ2n) is 4.31. The highest BCUT2D eigenvalue weighted by Gasteiger charge is 2.14. The summed E-state index contributed by atoms with van der Waals surface area (Å²) in [5.74, 6) is 7.16. The van der Waals surface area contributed by atoms with Crippen molar-refractivity contribution < 1.29 is 9.47 Å². The van der Waals surface area contributed by atoms with E-state index in [1.807, 2.05) is 32.0 Å². The van der Waals surface area contributed by atoms with E-state index in [1.54, 1.807) is 0 Å². The third-order valence-corrected chi connectivity index (χ3v) is 3.06. The van der Waals surface area contributed by atoms with Crippen molar-refractivity contribution in [2.45, 2.75) is 27.2 Å². The van der Waals surface area contributed by atoms with Gasteiger partial charge in [0.2, 0.25) is 0 Å². The number of nitrogens with one attached hydrogen (secondary N) is 1. The van der Waals surface area contributed by atoms with Gasteiger partial charge in [-0.05, 0) is 38.5 Å². The third-order valence-electron chi connectivity index (χ3n) is 3.06. The fourth-order valence-electron chi connectivity index (χ4n) is 2.18. The van der Waals surface area contributed by atoms with Crippen LogP contribution in [0, 0.1) is 0 Å². The largest absolute Gasteiger partial charge is 0.493 e. The highest BCUT2D eigenvalue weighted by Crippen LogP contribution is 2.37. The van der Waals surface area contributed by atoms with Crippen molar-refractivity contribution in [1.82, 2.24) is 4.98 Å². The van der Waals surface area contributed by atoms with Crippen molar-refractivity contribution in [3.8, 4) is 11.5 Å². The molecule has 0 aliphatic heterocycles. The number of rotatable bonds is 6. The summed E-state index contributed by atoms with van der Waals surface area (Å²) in [6.07, 6.45) is 0.828. The molecular formula is C15H21N3O2. The molecule has 0 atom stereocenters. The van der Waals surface area contributed by atoms with Gasteiger partial charge in [-0.25, -0.2) is 4.98 Å². The number of aryl methyl sites for hydroxylation is 1. The van der Waals surface area contributed by atoms with Crippen molar-refractivity contribution in [3.05, 3.63) is 23.9 Å². The Labute approximate surface area is 119 Å². The van der Waals surface area contributed by atoms with Crippen molar-refractivity contribution in [2.24, 2.45) is 5.84 Å². The van der Waals surface area contributed by atoms with Gasteiger partial charge in [-0.2, -0.15) is 0 Å². The number of pyridine rings is 1. The lowest BCUT2D eigenvalue weighted by Gasteiger charge is -2.15. The highest BCUT2D eigenvalue weighted by atomic mass is 16.5. The maximum Gasteiger partial charge on any atom is 0.145 e. The molecule has 0 spiro atoms. The molecule has 0 aliphatic rings. The molecule has 0 bridgehead atoms. The van der Waals surface area contributed by atoms with Crippen molar-refractivity contribution in [3.63, 3.8) is 0 Å². The van der Waals surface area contributed by atoms with Crippen LogP contribution in [-0.4, -0.2) is 18.2 Å². The quantitative estimate of drug-likeness (QED) is 0.626. The van der Waals surface area contributed by atoms with Crippen LogP contribution in [0.5, 0.6) is 11.5 Å². The fourth-order valence-corrected chi connectivity index (χ4v) is 2.18. The van der Waals surface area contributed by atoms with Crippen LogP contribution in [0.1, 0.15) is 26.5 Å². The van der Waals surface area contributed by atoms with E-state index in [0.29, 0.717) is 13.2 Å². The van der Waals surface area contributed by atoms with E-state index < -0.39 is 0 Å². The first-order chi connectivity index (χ1) is 9.74. The summed E-state index contributed by atoms with van der Waals surface area (Å²) >= 11 is 0. The molecule has 1 aromatic heterocycles. The Bertz CT molecular complexity index is 599. The van der Waals surface area contributed by atoms with Crippen LogP contribution in [0.15, 0.2) is 18.2 Å².